The molecule has 96 valence electrons. The number of nitrogens with zero attached hydrogens (tertiary/aromatic N) is 1. The second kappa shape index (κ2) is 6.61. The molecule has 2 nitrogen and oxygen atoms in total. The molecule has 0 aromatic heterocycles. The Labute approximate surface area is 114 Å². The van der Waals surface area contributed by atoms with Gasteiger partial charge in [0.2, 0.25) is 0 Å². The Morgan fingerprint density at radius 3 is 2.05 bits per heavy atom. The number of nitriles is 1. The molecule has 0 saturated carbocycles. The average molecular weight is 250 g/mol. The van der Waals surface area contributed by atoms with Crippen molar-refractivity contribution >= 4 is 5.69 Å². The van der Waals surface area contributed by atoms with Gasteiger partial charge in [0.15, 0.2) is 0 Å². The van der Waals surface area contributed by atoms with Crippen LogP contribution in [0.2, 0.25) is 0 Å². The summed E-state index contributed by atoms with van der Waals surface area (Å²) in [6.07, 6.45) is 1.55. The molecule has 2 rings (SSSR count). The Morgan fingerprint density at radius 2 is 1.47 bits per heavy atom. The lowest BCUT2D eigenvalue weighted by Gasteiger charge is -2.07. The zero-order chi connectivity index (χ0) is 13.5. The summed E-state index contributed by atoms with van der Waals surface area (Å²) in [5, 5.41) is 12.0. The summed E-state index contributed by atoms with van der Waals surface area (Å²) in [5.41, 5.74) is 4.78. The van der Waals surface area contributed by atoms with E-state index < -0.39 is 0 Å². The SMILES string of the molecule is CCc1ccc(CNc2ccc(CC#N)cc2)cc1. The van der Waals surface area contributed by atoms with Crippen molar-refractivity contribution in [3.8, 4) is 6.07 Å². The maximum absolute atomic E-state index is 8.62. The molecule has 0 fully saturated rings. The molecule has 0 bridgehead atoms. The largest absolute Gasteiger partial charge is 0.381 e. The summed E-state index contributed by atoms with van der Waals surface area (Å²) in [6.45, 7) is 2.98. The number of anilines is 1. The summed E-state index contributed by atoms with van der Waals surface area (Å²) in [6, 6.07) is 18.8. The van der Waals surface area contributed by atoms with E-state index in [0.717, 1.165) is 24.2 Å². The Balaban J connectivity index is 1.92. The highest BCUT2D eigenvalue weighted by molar-refractivity contribution is 5.45. The Morgan fingerprint density at radius 1 is 0.895 bits per heavy atom. The van der Waals surface area contributed by atoms with Crippen LogP contribution in [0.15, 0.2) is 48.5 Å². The van der Waals surface area contributed by atoms with Gasteiger partial charge in [0.25, 0.3) is 0 Å². The smallest absolute Gasteiger partial charge is 0.0669 e. The Bertz CT molecular complexity index is 547. The van der Waals surface area contributed by atoms with Crippen LogP contribution in [-0.4, -0.2) is 0 Å². The monoisotopic (exact) mass is 250 g/mol. The molecule has 0 unspecified atom stereocenters. The molecular formula is C17H18N2. The summed E-state index contributed by atoms with van der Waals surface area (Å²) < 4.78 is 0. The fraction of sp³-hybridized carbons (Fsp3) is 0.235. The highest BCUT2D eigenvalue weighted by Crippen LogP contribution is 2.12. The molecule has 2 aromatic rings. The highest BCUT2D eigenvalue weighted by Gasteiger charge is 1.96. The van der Waals surface area contributed by atoms with Gasteiger partial charge in [-0.2, -0.15) is 5.26 Å². The van der Waals surface area contributed by atoms with Crippen LogP contribution in [0, 0.1) is 11.3 Å². The average Bonchev–Trinajstić information content (AvgIpc) is 2.47. The van der Waals surface area contributed by atoms with Crippen molar-refractivity contribution < 1.29 is 0 Å². The first-order chi connectivity index (χ1) is 9.31. The number of hydrogen-bond acceptors (Lipinski definition) is 2. The lowest BCUT2D eigenvalue weighted by molar-refractivity contribution is 1.10. The third-order valence-corrected chi connectivity index (χ3v) is 3.16. The van der Waals surface area contributed by atoms with Crippen molar-refractivity contribution in [2.24, 2.45) is 0 Å². The first kappa shape index (κ1) is 13.2. The van der Waals surface area contributed by atoms with Crippen molar-refractivity contribution in [1.29, 1.82) is 5.26 Å². The van der Waals surface area contributed by atoms with Gasteiger partial charge in [0.05, 0.1) is 12.5 Å². The van der Waals surface area contributed by atoms with Crippen LogP contribution in [0.3, 0.4) is 0 Å². The van der Waals surface area contributed by atoms with E-state index in [1.807, 2.05) is 24.3 Å². The number of aryl methyl sites for hydroxylation is 1. The molecule has 0 radical (unpaired) electrons. The minimum atomic E-state index is 0.471. The van der Waals surface area contributed by atoms with Crippen LogP contribution in [0.1, 0.15) is 23.6 Å². The van der Waals surface area contributed by atoms with Crippen molar-refractivity contribution in [2.75, 3.05) is 5.32 Å². The van der Waals surface area contributed by atoms with E-state index in [-0.39, 0.29) is 0 Å². The molecule has 19 heavy (non-hydrogen) atoms. The van der Waals surface area contributed by atoms with Gasteiger partial charge < -0.3 is 5.32 Å². The zero-order valence-corrected chi connectivity index (χ0v) is 11.2. The fourth-order valence-corrected chi connectivity index (χ4v) is 1.93. The van der Waals surface area contributed by atoms with Crippen molar-refractivity contribution in [3.63, 3.8) is 0 Å². The number of nitrogens with one attached hydrogen (secondary N) is 1. The molecule has 2 aromatic carbocycles. The summed E-state index contributed by atoms with van der Waals surface area (Å²) >= 11 is 0. The molecule has 0 amide bonds. The number of hydrogen-bond donors (Lipinski definition) is 1. The topological polar surface area (TPSA) is 35.8 Å². The predicted octanol–water partition coefficient (Wildman–Crippen LogP) is 3.93. The molecule has 0 spiro atoms. The van der Waals surface area contributed by atoms with Gasteiger partial charge in [-0.25, -0.2) is 0 Å². The Kier molecular flexibility index (Phi) is 4.58. The molecule has 0 aliphatic rings. The van der Waals surface area contributed by atoms with Crippen LogP contribution in [0.25, 0.3) is 0 Å². The molecule has 1 N–H and O–H groups in total. The molecule has 0 aliphatic heterocycles. The second-order valence-electron chi connectivity index (χ2n) is 4.56. The predicted molar refractivity (Wildman–Crippen MR) is 78.9 cm³/mol. The van der Waals surface area contributed by atoms with Gasteiger partial charge >= 0.3 is 0 Å². The molecule has 0 aliphatic carbocycles. The maximum Gasteiger partial charge on any atom is 0.0669 e. The van der Waals surface area contributed by atoms with Crippen molar-refractivity contribution in [2.45, 2.75) is 26.3 Å². The number of rotatable bonds is 5. The van der Waals surface area contributed by atoms with Crippen LogP contribution >= 0.6 is 0 Å². The molecule has 0 saturated heterocycles. The summed E-state index contributed by atoms with van der Waals surface area (Å²) in [7, 11) is 0. The van der Waals surface area contributed by atoms with Crippen molar-refractivity contribution in [1.82, 2.24) is 0 Å². The minimum absolute atomic E-state index is 0.471. The standard InChI is InChI=1S/C17H18N2/c1-2-14-3-5-16(6-4-14)13-19-17-9-7-15(8-10-17)11-12-18/h3-10,19H,2,11,13H2,1H3. The van der Waals surface area contributed by atoms with E-state index >= 15 is 0 Å². The first-order valence-electron chi connectivity index (χ1n) is 6.59. The van der Waals surface area contributed by atoms with Gasteiger partial charge in [-0.15, -0.1) is 0 Å². The maximum atomic E-state index is 8.62. The van der Waals surface area contributed by atoms with Gasteiger partial charge in [-0.3, -0.25) is 0 Å². The highest BCUT2D eigenvalue weighted by atomic mass is 14.9. The van der Waals surface area contributed by atoms with Crippen LogP contribution in [0.5, 0.6) is 0 Å². The van der Waals surface area contributed by atoms with Gasteiger partial charge in [-0.1, -0.05) is 43.3 Å². The molecule has 2 heteroatoms. The number of benzene rings is 2. The summed E-state index contributed by atoms with van der Waals surface area (Å²) in [5.74, 6) is 0. The first-order valence-corrected chi connectivity index (χ1v) is 6.59. The van der Waals surface area contributed by atoms with E-state index in [1.54, 1.807) is 0 Å². The van der Waals surface area contributed by atoms with E-state index in [2.05, 4.69) is 42.6 Å². The molecular weight excluding hydrogens is 232 g/mol. The lowest BCUT2D eigenvalue weighted by atomic mass is 10.1. The van der Waals surface area contributed by atoms with Gasteiger partial charge in [-0.05, 0) is 35.2 Å². The van der Waals surface area contributed by atoms with E-state index in [9.17, 15) is 0 Å². The van der Waals surface area contributed by atoms with E-state index in [4.69, 9.17) is 5.26 Å². The van der Waals surface area contributed by atoms with E-state index in [0.29, 0.717) is 6.42 Å². The van der Waals surface area contributed by atoms with Crippen LogP contribution in [-0.2, 0) is 19.4 Å². The van der Waals surface area contributed by atoms with Gasteiger partial charge in [0, 0.05) is 12.2 Å². The third-order valence-electron chi connectivity index (χ3n) is 3.16. The normalized spacial score (nSPS) is 9.89. The minimum Gasteiger partial charge on any atom is -0.381 e. The van der Waals surface area contributed by atoms with Crippen molar-refractivity contribution in [3.05, 3.63) is 65.2 Å². The third kappa shape index (κ3) is 3.86. The second-order valence-corrected chi connectivity index (χ2v) is 4.56. The quantitative estimate of drug-likeness (QED) is 0.872. The van der Waals surface area contributed by atoms with Crippen LogP contribution in [0.4, 0.5) is 5.69 Å². The lowest BCUT2D eigenvalue weighted by Crippen LogP contribution is -1.99. The van der Waals surface area contributed by atoms with E-state index in [1.165, 1.54) is 11.1 Å². The molecule has 0 heterocycles. The molecule has 0 atom stereocenters. The fourth-order valence-electron chi connectivity index (χ4n) is 1.93. The zero-order valence-electron chi connectivity index (χ0n) is 11.2. The summed E-state index contributed by atoms with van der Waals surface area (Å²) in [4.78, 5) is 0. The van der Waals surface area contributed by atoms with Crippen LogP contribution < -0.4 is 5.32 Å². The van der Waals surface area contributed by atoms with Gasteiger partial charge in [0.1, 0.15) is 0 Å². The Hall–Kier alpha value is -2.27.